The number of ether oxygens (including phenoxy) is 1. The van der Waals surface area contributed by atoms with E-state index in [1.165, 1.54) is 0 Å². The third-order valence-electron chi connectivity index (χ3n) is 1.87. The van der Waals surface area contributed by atoms with E-state index in [1.54, 1.807) is 11.8 Å². The molecule has 0 aromatic heterocycles. The van der Waals surface area contributed by atoms with Crippen LogP contribution in [0.4, 0.5) is 0 Å². The Morgan fingerprint density at radius 3 is 2.67 bits per heavy atom. The van der Waals surface area contributed by atoms with Gasteiger partial charge in [-0.25, -0.2) is 6.57 Å². The van der Waals surface area contributed by atoms with Crippen LogP contribution in [-0.4, -0.2) is 43.2 Å². The topological polar surface area (TPSA) is 33.9 Å². The largest absolute Gasteiger partial charge is 0.378 e. The number of rotatable bonds is 1. The van der Waals surface area contributed by atoms with Gasteiger partial charge in [-0.3, -0.25) is 4.79 Å². The van der Waals surface area contributed by atoms with Gasteiger partial charge in [-0.15, -0.1) is 0 Å². The number of amides is 1. The molecule has 1 amide bonds. The molecule has 0 spiro atoms. The predicted octanol–water partition coefficient (Wildman–Crippen LogP) is 0.153. The molecule has 1 aliphatic heterocycles. The number of nitrogens with zero attached hydrogens (tertiary/aromatic N) is 2. The van der Waals surface area contributed by atoms with Gasteiger partial charge in [0.15, 0.2) is 0 Å². The van der Waals surface area contributed by atoms with Gasteiger partial charge < -0.3 is 14.5 Å². The van der Waals surface area contributed by atoms with Crippen LogP contribution in [0.1, 0.15) is 6.92 Å². The molecule has 1 fully saturated rings. The highest BCUT2D eigenvalue weighted by molar-refractivity contribution is 5.83. The average Bonchev–Trinajstić information content (AvgIpc) is 2.17. The van der Waals surface area contributed by atoms with Gasteiger partial charge >= 0.3 is 5.91 Å². The normalized spacial score (nSPS) is 19.8. The molecule has 1 rings (SSSR count). The van der Waals surface area contributed by atoms with Crippen LogP contribution in [0.3, 0.4) is 0 Å². The van der Waals surface area contributed by atoms with E-state index in [9.17, 15) is 4.79 Å². The van der Waals surface area contributed by atoms with Crippen LogP contribution in [0.2, 0.25) is 0 Å². The molecular formula is C8H12N2O2. The zero-order chi connectivity index (χ0) is 8.97. The summed E-state index contributed by atoms with van der Waals surface area (Å²) in [5.74, 6) is -0.0756. The molecule has 0 aliphatic carbocycles. The van der Waals surface area contributed by atoms with Crippen LogP contribution in [0, 0.1) is 6.57 Å². The lowest BCUT2D eigenvalue weighted by atomic mass is 10.3. The smallest absolute Gasteiger partial charge is 0.305 e. The first-order valence-corrected chi connectivity index (χ1v) is 3.99. The van der Waals surface area contributed by atoms with Crippen molar-refractivity contribution in [3.8, 4) is 0 Å². The summed E-state index contributed by atoms with van der Waals surface area (Å²) in [4.78, 5) is 16.3. The van der Waals surface area contributed by atoms with Gasteiger partial charge in [0, 0.05) is 20.0 Å². The molecule has 0 radical (unpaired) electrons. The van der Waals surface area contributed by atoms with Crippen LogP contribution in [0.15, 0.2) is 0 Å². The summed E-state index contributed by atoms with van der Waals surface area (Å²) >= 11 is 0. The Morgan fingerprint density at radius 1 is 1.58 bits per heavy atom. The van der Waals surface area contributed by atoms with Gasteiger partial charge in [0.1, 0.15) is 0 Å². The van der Waals surface area contributed by atoms with Crippen molar-refractivity contribution in [2.45, 2.75) is 13.0 Å². The number of carbonyl (C=O) groups excluding carboxylic acids is 1. The Hall–Kier alpha value is -1.08. The third-order valence-corrected chi connectivity index (χ3v) is 1.87. The molecule has 1 saturated heterocycles. The lowest BCUT2D eigenvalue weighted by Crippen LogP contribution is -2.44. The van der Waals surface area contributed by atoms with Crippen LogP contribution >= 0.6 is 0 Å². The van der Waals surface area contributed by atoms with Gasteiger partial charge in [-0.05, 0) is 0 Å². The SMILES string of the molecule is [C-]#[N+]C(C)C(=O)N1CCOCC1. The second kappa shape index (κ2) is 4.07. The van der Waals surface area contributed by atoms with Crippen molar-refractivity contribution in [2.24, 2.45) is 0 Å². The molecule has 4 nitrogen and oxygen atoms in total. The summed E-state index contributed by atoms with van der Waals surface area (Å²) in [5, 5.41) is 0. The summed E-state index contributed by atoms with van der Waals surface area (Å²) < 4.78 is 5.09. The van der Waals surface area contributed by atoms with Crippen molar-refractivity contribution in [2.75, 3.05) is 26.3 Å². The fourth-order valence-corrected chi connectivity index (χ4v) is 1.10. The molecule has 0 saturated carbocycles. The van der Waals surface area contributed by atoms with E-state index in [4.69, 9.17) is 11.3 Å². The summed E-state index contributed by atoms with van der Waals surface area (Å²) in [5.41, 5.74) is 0. The van der Waals surface area contributed by atoms with E-state index in [2.05, 4.69) is 4.85 Å². The number of hydrogen-bond acceptors (Lipinski definition) is 2. The minimum absolute atomic E-state index is 0.0756. The standard InChI is InChI=1S/C8H12N2O2/c1-7(9-2)8(11)10-3-5-12-6-4-10/h7H,3-6H2,1H3. The maximum Gasteiger partial charge on any atom is 0.305 e. The Morgan fingerprint density at radius 2 is 2.17 bits per heavy atom. The van der Waals surface area contributed by atoms with Gasteiger partial charge in [-0.2, -0.15) is 0 Å². The van der Waals surface area contributed by atoms with Crippen LogP contribution in [-0.2, 0) is 9.53 Å². The third kappa shape index (κ3) is 1.95. The van der Waals surface area contributed by atoms with Gasteiger partial charge in [0.25, 0.3) is 6.04 Å². The Balaban J connectivity index is 2.46. The molecule has 0 bridgehead atoms. The maximum atomic E-state index is 11.4. The number of morpholine rings is 1. The Labute approximate surface area is 71.9 Å². The first kappa shape index (κ1) is 9.01. The highest BCUT2D eigenvalue weighted by Gasteiger charge is 2.25. The van der Waals surface area contributed by atoms with Crippen molar-refractivity contribution >= 4 is 5.91 Å². The quantitative estimate of drug-likeness (QED) is 0.522. The maximum absolute atomic E-state index is 11.4. The molecule has 0 N–H and O–H groups in total. The van der Waals surface area contributed by atoms with Crippen molar-refractivity contribution in [3.05, 3.63) is 11.4 Å². The van der Waals surface area contributed by atoms with Gasteiger partial charge in [0.2, 0.25) is 0 Å². The van der Waals surface area contributed by atoms with E-state index < -0.39 is 6.04 Å². The summed E-state index contributed by atoms with van der Waals surface area (Å²) in [7, 11) is 0. The average molecular weight is 168 g/mol. The first-order valence-electron chi connectivity index (χ1n) is 3.99. The highest BCUT2D eigenvalue weighted by Crippen LogP contribution is 2.02. The molecule has 1 atom stereocenters. The summed E-state index contributed by atoms with van der Waals surface area (Å²) in [6, 6.07) is -0.539. The number of hydrogen-bond donors (Lipinski definition) is 0. The fourth-order valence-electron chi connectivity index (χ4n) is 1.10. The molecule has 12 heavy (non-hydrogen) atoms. The van der Waals surface area contributed by atoms with Crippen molar-refractivity contribution in [1.82, 2.24) is 4.90 Å². The second-order valence-corrected chi connectivity index (χ2v) is 2.74. The van der Waals surface area contributed by atoms with Gasteiger partial charge in [-0.1, -0.05) is 0 Å². The number of carbonyl (C=O) groups is 1. The molecule has 66 valence electrons. The molecule has 0 aromatic rings. The molecule has 1 unspecified atom stereocenters. The summed E-state index contributed by atoms with van der Waals surface area (Å²) in [6.45, 7) is 10.8. The van der Waals surface area contributed by atoms with E-state index in [0.717, 1.165) is 0 Å². The Bertz CT molecular complexity index is 204. The summed E-state index contributed by atoms with van der Waals surface area (Å²) in [6.07, 6.45) is 0. The van der Waals surface area contributed by atoms with E-state index in [-0.39, 0.29) is 5.91 Å². The van der Waals surface area contributed by atoms with Crippen molar-refractivity contribution < 1.29 is 9.53 Å². The molecule has 1 heterocycles. The minimum atomic E-state index is -0.539. The predicted molar refractivity (Wildman–Crippen MR) is 43.5 cm³/mol. The van der Waals surface area contributed by atoms with E-state index in [0.29, 0.717) is 26.3 Å². The van der Waals surface area contributed by atoms with Gasteiger partial charge in [0.05, 0.1) is 13.2 Å². The fraction of sp³-hybridized carbons (Fsp3) is 0.750. The molecular weight excluding hydrogens is 156 g/mol. The van der Waals surface area contributed by atoms with Crippen molar-refractivity contribution in [3.63, 3.8) is 0 Å². The van der Waals surface area contributed by atoms with Crippen LogP contribution in [0.5, 0.6) is 0 Å². The monoisotopic (exact) mass is 168 g/mol. The lowest BCUT2D eigenvalue weighted by Gasteiger charge is -2.26. The second-order valence-electron chi connectivity index (χ2n) is 2.74. The van der Waals surface area contributed by atoms with Crippen molar-refractivity contribution in [1.29, 1.82) is 0 Å². The zero-order valence-corrected chi connectivity index (χ0v) is 7.12. The molecule has 4 heteroatoms. The van der Waals surface area contributed by atoms with E-state index >= 15 is 0 Å². The Kier molecular flexibility index (Phi) is 3.06. The van der Waals surface area contributed by atoms with E-state index in [1.807, 2.05) is 0 Å². The minimum Gasteiger partial charge on any atom is -0.378 e. The van der Waals surface area contributed by atoms with Crippen LogP contribution in [0.25, 0.3) is 4.85 Å². The zero-order valence-electron chi connectivity index (χ0n) is 7.12. The highest BCUT2D eigenvalue weighted by atomic mass is 16.5. The lowest BCUT2D eigenvalue weighted by molar-refractivity contribution is -0.135. The molecule has 0 aromatic carbocycles. The molecule has 1 aliphatic rings. The van der Waals surface area contributed by atoms with Crippen LogP contribution < -0.4 is 0 Å². The first-order chi connectivity index (χ1) is 5.75.